The van der Waals surface area contributed by atoms with Crippen molar-refractivity contribution in [3.8, 4) is 17.1 Å². The van der Waals surface area contributed by atoms with Crippen molar-refractivity contribution in [2.45, 2.75) is 39.8 Å². The van der Waals surface area contributed by atoms with Crippen molar-refractivity contribution in [2.24, 2.45) is 0 Å². The van der Waals surface area contributed by atoms with E-state index in [0.717, 1.165) is 17.7 Å². The first-order valence-corrected chi connectivity index (χ1v) is 7.42. The van der Waals surface area contributed by atoms with Crippen LogP contribution in [0, 0.1) is 0 Å². The van der Waals surface area contributed by atoms with Crippen molar-refractivity contribution >= 4 is 5.91 Å². The first-order chi connectivity index (χ1) is 10.6. The molecule has 7 heteroatoms. The summed E-state index contributed by atoms with van der Waals surface area (Å²) in [5, 5.41) is 15.0. The third-order valence-corrected chi connectivity index (χ3v) is 3.18. The van der Waals surface area contributed by atoms with Crippen LogP contribution in [0.3, 0.4) is 0 Å². The van der Waals surface area contributed by atoms with Gasteiger partial charge >= 0.3 is 0 Å². The molecule has 1 aromatic heterocycles. The first kappa shape index (κ1) is 15.9. The average Bonchev–Trinajstić information content (AvgIpc) is 2.96. The zero-order valence-corrected chi connectivity index (χ0v) is 13.1. The summed E-state index contributed by atoms with van der Waals surface area (Å²) in [7, 11) is 0. The fourth-order valence-corrected chi connectivity index (χ4v) is 1.84. The highest BCUT2D eigenvalue weighted by Gasteiger charge is 2.10. The Morgan fingerprint density at radius 3 is 2.68 bits per heavy atom. The number of amides is 1. The van der Waals surface area contributed by atoms with Gasteiger partial charge in [0.05, 0.1) is 6.61 Å². The second-order valence-corrected chi connectivity index (χ2v) is 4.98. The molecule has 1 amide bonds. The van der Waals surface area contributed by atoms with Crippen LogP contribution in [0.5, 0.6) is 5.75 Å². The van der Waals surface area contributed by atoms with E-state index >= 15 is 0 Å². The average molecular weight is 303 g/mol. The molecule has 0 aliphatic carbocycles. The Morgan fingerprint density at radius 1 is 1.32 bits per heavy atom. The molecule has 2 aromatic rings. The van der Waals surface area contributed by atoms with E-state index in [1.807, 2.05) is 45.0 Å². The van der Waals surface area contributed by atoms with Crippen LogP contribution in [0.15, 0.2) is 24.3 Å². The van der Waals surface area contributed by atoms with Gasteiger partial charge in [-0.3, -0.25) is 4.79 Å². The van der Waals surface area contributed by atoms with Crippen molar-refractivity contribution in [3.63, 3.8) is 0 Å². The Hall–Kier alpha value is -2.44. The highest BCUT2D eigenvalue weighted by molar-refractivity contribution is 5.75. The number of hydrogen-bond acceptors (Lipinski definition) is 5. The van der Waals surface area contributed by atoms with Crippen molar-refractivity contribution in [3.05, 3.63) is 24.3 Å². The lowest BCUT2D eigenvalue weighted by Crippen LogP contribution is -2.35. The van der Waals surface area contributed by atoms with Gasteiger partial charge in [-0.05, 0) is 49.7 Å². The first-order valence-electron chi connectivity index (χ1n) is 7.42. The minimum atomic E-state index is -0.120. The number of aromatic nitrogens is 4. The van der Waals surface area contributed by atoms with E-state index in [2.05, 4.69) is 20.7 Å². The Kier molecular flexibility index (Phi) is 5.46. The highest BCUT2D eigenvalue weighted by Crippen LogP contribution is 2.18. The molecule has 1 aromatic carbocycles. The monoisotopic (exact) mass is 303 g/mol. The smallest absolute Gasteiger partial charge is 0.243 e. The fourth-order valence-electron chi connectivity index (χ4n) is 1.84. The van der Waals surface area contributed by atoms with Gasteiger partial charge in [-0.25, -0.2) is 0 Å². The van der Waals surface area contributed by atoms with E-state index in [9.17, 15) is 4.79 Å². The van der Waals surface area contributed by atoms with Gasteiger partial charge < -0.3 is 10.1 Å². The van der Waals surface area contributed by atoms with Crippen LogP contribution >= 0.6 is 0 Å². The second kappa shape index (κ2) is 7.53. The lowest BCUT2D eigenvalue weighted by molar-refractivity contribution is -0.122. The SMILES string of the molecule is CCOc1ccc(-c2nnn(CC(=O)NC(C)CC)n2)cc1. The van der Waals surface area contributed by atoms with Crippen LogP contribution in [0.4, 0.5) is 0 Å². The number of hydrogen-bond donors (Lipinski definition) is 1. The number of ether oxygens (including phenoxy) is 1. The van der Waals surface area contributed by atoms with Gasteiger partial charge in [0, 0.05) is 11.6 Å². The lowest BCUT2D eigenvalue weighted by atomic mass is 10.2. The number of rotatable bonds is 7. The van der Waals surface area contributed by atoms with Gasteiger partial charge in [0.15, 0.2) is 0 Å². The molecular weight excluding hydrogens is 282 g/mol. The highest BCUT2D eigenvalue weighted by atomic mass is 16.5. The predicted molar refractivity (Wildman–Crippen MR) is 82.3 cm³/mol. The van der Waals surface area contributed by atoms with Gasteiger partial charge in [-0.15, -0.1) is 10.2 Å². The molecule has 0 saturated heterocycles. The minimum absolute atomic E-state index is 0.0639. The molecule has 0 saturated carbocycles. The summed E-state index contributed by atoms with van der Waals surface area (Å²) in [6.45, 7) is 6.60. The Balaban J connectivity index is 2.00. The predicted octanol–water partition coefficient (Wildman–Crippen LogP) is 1.65. The van der Waals surface area contributed by atoms with E-state index in [4.69, 9.17) is 4.74 Å². The van der Waals surface area contributed by atoms with Gasteiger partial charge in [0.2, 0.25) is 11.7 Å². The zero-order chi connectivity index (χ0) is 15.9. The van der Waals surface area contributed by atoms with Gasteiger partial charge in [-0.2, -0.15) is 4.80 Å². The molecule has 118 valence electrons. The number of benzene rings is 1. The van der Waals surface area contributed by atoms with Gasteiger partial charge in [0.1, 0.15) is 12.3 Å². The number of nitrogens with zero attached hydrogens (tertiary/aromatic N) is 4. The van der Waals surface area contributed by atoms with Crippen molar-refractivity contribution in [1.82, 2.24) is 25.5 Å². The van der Waals surface area contributed by atoms with Crippen LogP contribution in [-0.2, 0) is 11.3 Å². The molecule has 1 heterocycles. The molecule has 0 bridgehead atoms. The van der Waals surface area contributed by atoms with E-state index in [1.54, 1.807) is 0 Å². The molecule has 1 atom stereocenters. The molecular formula is C15H21N5O2. The van der Waals surface area contributed by atoms with Crippen molar-refractivity contribution < 1.29 is 9.53 Å². The van der Waals surface area contributed by atoms with E-state index in [0.29, 0.717) is 12.4 Å². The number of nitrogens with one attached hydrogen (secondary N) is 1. The van der Waals surface area contributed by atoms with Gasteiger partial charge in [-0.1, -0.05) is 6.92 Å². The molecule has 0 aliphatic rings. The topological polar surface area (TPSA) is 81.9 Å². The fraction of sp³-hybridized carbons (Fsp3) is 0.467. The number of carbonyl (C=O) groups excluding carboxylic acids is 1. The molecule has 22 heavy (non-hydrogen) atoms. The minimum Gasteiger partial charge on any atom is -0.494 e. The maximum atomic E-state index is 11.8. The van der Waals surface area contributed by atoms with Crippen LogP contribution in [-0.4, -0.2) is 38.8 Å². The maximum absolute atomic E-state index is 11.8. The molecule has 0 aliphatic heterocycles. The van der Waals surface area contributed by atoms with Crippen LogP contribution in [0.1, 0.15) is 27.2 Å². The quantitative estimate of drug-likeness (QED) is 0.841. The third kappa shape index (κ3) is 4.28. The molecule has 1 unspecified atom stereocenters. The molecule has 0 radical (unpaired) electrons. The Morgan fingerprint density at radius 2 is 2.05 bits per heavy atom. The summed E-state index contributed by atoms with van der Waals surface area (Å²) >= 11 is 0. The standard InChI is InChI=1S/C15H21N5O2/c1-4-11(3)16-14(21)10-20-18-15(17-19-20)12-6-8-13(9-7-12)22-5-2/h6-9,11H,4-5,10H2,1-3H3,(H,16,21). The van der Waals surface area contributed by atoms with Crippen LogP contribution in [0.25, 0.3) is 11.4 Å². The largest absolute Gasteiger partial charge is 0.494 e. The molecule has 7 nitrogen and oxygen atoms in total. The van der Waals surface area contributed by atoms with Crippen molar-refractivity contribution in [1.29, 1.82) is 0 Å². The van der Waals surface area contributed by atoms with E-state index < -0.39 is 0 Å². The van der Waals surface area contributed by atoms with Crippen molar-refractivity contribution in [2.75, 3.05) is 6.61 Å². The second-order valence-electron chi connectivity index (χ2n) is 4.98. The molecule has 0 spiro atoms. The molecule has 2 rings (SSSR count). The Bertz CT molecular complexity index is 609. The molecule has 0 fully saturated rings. The normalized spacial score (nSPS) is 12.0. The number of tetrazole rings is 1. The van der Waals surface area contributed by atoms with E-state index in [-0.39, 0.29) is 18.5 Å². The lowest BCUT2D eigenvalue weighted by Gasteiger charge is -2.10. The Labute approximate surface area is 129 Å². The van der Waals surface area contributed by atoms with E-state index in [1.165, 1.54) is 4.80 Å². The zero-order valence-electron chi connectivity index (χ0n) is 13.1. The summed E-state index contributed by atoms with van der Waals surface area (Å²) < 4.78 is 5.39. The summed E-state index contributed by atoms with van der Waals surface area (Å²) in [5.74, 6) is 1.16. The molecule has 1 N–H and O–H groups in total. The number of carbonyl (C=O) groups is 1. The van der Waals surface area contributed by atoms with Gasteiger partial charge in [0.25, 0.3) is 0 Å². The third-order valence-electron chi connectivity index (χ3n) is 3.18. The summed E-state index contributed by atoms with van der Waals surface area (Å²) in [5.41, 5.74) is 0.831. The summed E-state index contributed by atoms with van der Waals surface area (Å²) in [6.07, 6.45) is 0.883. The summed E-state index contributed by atoms with van der Waals surface area (Å²) in [6, 6.07) is 7.59. The van der Waals surface area contributed by atoms with Crippen LogP contribution in [0.2, 0.25) is 0 Å². The summed E-state index contributed by atoms with van der Waals surface area (Å²) in [4.78, 5) is 13.1. The van der Waals surface area contributed by atoms with Crippen LogP contribution < -0.4 is 10.1 Å². The maximum Gasteiger partial charge on any atom is 0.243 e.